The molecule has 0 radical (unpaired) electrons. The van der Waals surface area contributed by atoms with Crippen molar-refractivity contribution >= 4 is 5.91 Å². The number of piperidine rings is 1. The van der Waals surface area contributed by atoms with Crippen LogP contribution in [0.15, 0.2) is 0 Å². The minimum Gasteiger partial charge on any atom is -0.392 e. The van der Waals surface area contributed by atoms with Crippen LogP contribution in [0.2, 0.25) is 0 Å². The summed E-state index contributed by atoms with van der Waals surface area (Å²) in [5.74, 6) is 0.965. The van der Waals surface area contributed by atoms with Crippen molar-refractivity contribution < 1.29 is 9.90 Å². The highest BCUT2D eigenvalue weighted by molar-refractivity contribution is 5.76. The highest BCUT2D eigenvalue weighted by Crippen LogP contribution is 2.30. The van der Waals surface area contributed by atoms with Gasteiger partial charge in [-0.3, -0.25) is 4.79 Å². The topological polar surface area (TPSA) is 43.8 Å². The molecule has 1 N–H and O–H groups in total. The molecular weight excluding hydrogens is 240 g/mol. The molecule has 19 heavy (non-hydrogen) atoms. The lowest BCUT2D eigenvalue weighted by molar-refractivity contribution is -0.138. The lowest BCUT2D eigenvalue weighted by Gasteiger charge is -2.41. The van der Waals surface area contributed by atoms with E-state index >= 15 is 0 Å². The SMILES string of the molecule is CN1CCC(CCC(=O)N2CCC(O)C(C)(C)C2)C1. The zero-order valence-electron chi connectivity index (χ0n) is 12.6. The Morgan fingerprint density at radius 1 is 1.32 bits per heavy atom. The van der Waals surface area contributed by atoms with E-state index in [1.165, 1.54) is 13.0 Å². The Labute approximate surface area is 116 Å². The van der Waals surface area contributed by atoms with Gasteiger partial charge in [0.25, 0.3) is 0 Å². The quantitative estimate of drug-likeness (QED) is 0.840. The van der Waals surface area contributed by atoms with Gasteiger partial charge in [-0.1, -0.05) is 13.8 Å². The first-order valence-electron chi connectivity index (χ1n) is 7.53. The molecule has 4 heteroatoms. The number of aliphatic hydroxyl groups is 1. The van der Waals surface area contributed by atoms with Crippen LogP contribution in [0.5, 0.6) is 0 Å². The van der Waals surface area contributed by atoms with E-state index in [0.717, 1.165) is 13.0 Å². The van der Waals surface area contributed by atoms with Crippen molar-refractivity contribution in [3.63, 3.8) is 0 Å². The van der Waals surface area contributed by atoms with Crippen molar-refractivity contribution in [1.29, 1.82) is 0 Å². The van der Waals surface area contributed by atoms with E-state index in [1.807, 2.05) is 18.7 Å². The maximum atomic E-state index is 12.3. The second-order valence-electron chi connectivity index (χ2n) is 7.06. The molecule has 2 heterocycles. The van der Waals surface area contributed by atoms with E-state index in [0.29, 0.717) is 31.8 Å². The predicted octanol–water partition coefficient (Wildman–Crippen LogP) is 1.34. The summed E-state index contributed by atoms with van der Waals surface area (Å²) in [4.78, 5) is 16.6. The second-order valence-corrected chi connectivity index (χ2v) is 7.06. The molecule has 0 saturated carbocycles. The molecule has 2 aliphatic heterocycles. The van der Waals surface area contributed by atoms with Gasteiger partial charge < -0.3 is 14.9 Å². The van der Waals surface area contributed by atoms with Crippen molar-refractivity contribution in [2.45, 2.75) is 45.6 Å². The Bertz CT molecular complexity index is 330. The van der Waals surface area contributed by atoms with Crippen LogP contribution in [-0.2, 0) is 4.79 Å². The zero-order chi connectivity index (χ0) is 14.0. The molecule has 0 aromatic heterocycles. The Morgan fingerprint density at radius 2 is 2.05 bits per heavy atom. The average Bonchev–Trinajstić information content (AvgIpc) is 2.75. The van der Waals surface area contributed by atoms with Gasteiger partial charge in [0.15, 0.2) is 0 Å². The molecule has 2 aliphatic rings. The van der Waals surface area contributed by atoms with Crippen LogP contribution in [0.1, 0.15) is 39.5 Å². The molecule has 0 aromatic rings. The van der Waals surface area contributed by atoms with Crippen LogP contribution >= 0.6 is 0 Å². The minimum absolute atomic E-state index is 0.165. The Hall–Kier alpha value is -0.610. The van der Waals surface area contributed by atoms with Gasteiger partial charge in [0.2, 0.25) is 5.91 Å². The largest absolute Gasteiger partial charge is 0.392 e. The summed E-state index contributed by atoms with van der Waals surface area (Å²) in [6, 6.07) is 0. The van der Waals surface area contributed by atoms with Gasteiger partial charge in [-0.2, -0.15) is 0 Å². The third-order valence-electron chi connectivity index (χ3n) is 4.78. The fourth-order valence-electron chi connectivity index (χ4n) is 3.31. The molecule has 0 bridgehead atoms. The van der Waals surface area contributed by atoms with Crippen molar-refractivity contribution in [3.05, 3.63) is 0 Å². The Kier molecular flexibility index (Phi) is 4.51. The minimum atomic E-state index is -0.278. The van der Waals surface area contributed by atoms with Crippen LogP contribution in [0.4, 0.5) is 0 Å². The number of aliphatic hydroxyl groups excluding tert-OH is 1. The van der Waals surface area contributed by atoms with Gasteiger partial charge in [-0.05, 0) is 38.8 Å². The Balaban J connectivity index is 1.77. The van der Waals surface area contributed by atoms with Crippen LogP contribution in [0.3, 0.4) is 0 Å². The van der Waals surface area contributed by atoms with Crippen molar-refractivity contribution in [2.75, 3.05) is 33.2 Å². The molecular formula is C15H28N2O2. The molecule has 110 valence electrons. The van der Waals surface area contributed by atoms with Crippen LogP contribution in [0.25, 0.3) is 0 Å². The number of hydrogen-bond donors (Lipinski definition) is 1. The first-order chi connectivity index (χ1) is 8.88. The summed E-state index contributed by atoms with van der Waals surface area (Å²) in [5, 5.41) is 9.92. The van der Waals surface area contributed by atoms with Gasteiger partial charge in [0.1, 0.15) is 0 Å². The van der Waals surface area contributed by atoms with E-state index in [1.54, 1.807) is 0 Å². The standard InChI is InChI=1S/C15H28N2O2/c1-15(2)11-17(9-7-13(15)18)14(19)5-4-12-6-8-16(3)10-12/h12-13,18H,4-11H2,1-3H3. The highest BCUT2D eigenvalue weighted by Gasteiger charge is 2.36. The third kappa shape index (κ3) is 3.69. The summed E-state index contributed by atoms with van der Waals surface area (Å²) in [7, 11) is 2.15. The van der Waals surface area contributed by atoms with Crippen LogP contribution in [-0.4, -0.2) is 60.1 Å². The van der Waals surface area contributed by atoms with Crippen LogP contribution in [0, 0.1) is 11.3 Å². The third-order valence-corrected chi connectivity index (χ3v) is 4.78. The molecule has 2 atom stereocenters. The number of rotatable bonds is 3. The summed E-state index contributed by atoms with van der Waals surface area (Å²) < 4.78 is 0. The van der Waals surface area contributed by atoms with Crippen molar-refractivity contribution in [3.8, 4) is 0 Å². The first kappa shape index (κ1) is 14.8. The normalized spacial score (nSPS) is 31.7. The number of carbonyl (C=O) groups is 1. The summed E-state index contributed by atoms with van der Waals surface area (Å²) in [5.41, 5.74) is -0.165. The van der Waals surface area contributed by atoms with E-state index in [2.05, 4.69) is 11.9 Å². The van der Waals surface area contributed by atoms with Gasteiger partial charge in [0.05, 0.1) is 6.10 Å². The molecule has 2 saturated heterocycles. The average molecular weight is 268 g/mol. The smallest absolute Gasteiger partial charge is 0.222 e. The molecule has 4 nitrogen and oxygen atoms in total. The van der Waals surface area contributed by atoms with E-state index in [-0.39, 0.29) is 17.4 Å². The van der Waals surface area contributed by atoms with Crippen molar-refractivity contribution in [2.24, 2.45) is 11.3 Å². The molecule has 1 amide bonds. The van der Waals surface area contributed by atoms with Crippen molar-refractivity contribution in [1.82, 2.24) is 9.80 Å². The number of hydrogen-bond acceptors (Lipinski definition) is 3. The van der Waals surface area contributed by atoms with Gasteiger partial charge >= 0.3 is 0 Å². The number of carbonyl (C=O) groups excluding carboxylic acids is 1. The monoisotopic (exact) mass is 268 g/mol. The van der Waals surface area contributed by atoms with Crippen LogP contribution < -0.4 is 0 Å². The van der Waals surface area contributed by atoms with E-state index in [9.17, 15) is 9.90 Å². The maximum Gasteiger partial charge on any atom is 0.222 e. The molecule has 0 aliphatic carbocycles. The molecule has 2 rings (SSSR count). The molecule has 0 spiro atoms. The molecule has 2 unspecified atom stereocenters. The zero-order valence-corrected chi connectivity index (χ0v) is 12.6. The first-order valence-corrected chi connectivity index (χ1v) is 7.53. The van der Waals surface area contributed by atoms with Gasteiger partial charge in [0, 0.05) is 31.5 Å². The lowest BCUT2D eigenvalue weighted by atomic mass is 9.81. The fraction of sp³-hybridized carbons (Fsp3) is 0.933. The lowest BCUT2D eigenvalue weighted by Crippen LogP contribution is -2.50. The second kappa shape index (κ2) is 5.80. The van der Waals surface area contributed by atoms with Gasteiger partial charge in [-0.25, -0.2) is 0 Å². The summed E-state index contributed by atoms with van der Waals surface area (Å²) in [6.07, 6.45) is 3.35. The Morgan fingerprint density at radius 3 is 2.63 bits per heavy atom. The highest BCUT2D eigenvalue weighted by atomic mass is 16.3. The molecule has 0 aromatic carbocycles. The number of nitrogens with zero attached hydrogens (tertiary/aromatic N) is 2. The summed E-state index contributed by atoms with van der Waals surface area (Å²) in [6.45, 7) is 7.80. The number of likely N-dealkylation sites (tertiary alicyclic amines) is 2. The van der Waals surface area contributed by atoms with Gasteiger partial charge in [-0.15, -0.1) is 0 Å². The van der Waals surface area contributed by atoms with E-state index in [4.69, 9.17) is 0 Å². The van der Waals surface area contributed by atoms with E-state index < -0.39 is 0 Å². The maximum absolute atomic E-state index is 12.3. The molecule has 2 fully saturated rings. The summed E-state index contributed by atoms with van der Waals surface area (Å²) >= 11 is 0. The predicted molar refractivity (Wildman–Crippen MR) is 75.8 cm³/mol. The number of amides is 1. The fourth-order valence-corrected chi connectivity index (χ4v) is 3.31.